The molecule has 0 bridgehead atoms. The van der Waals surface area contributed by atoms with Crippen molar-refractivity contribution < 1.29 is 8.42 Å². The standard InChI is InChI=1S/C14H19N3O2S2/c1-2-15-8-7-12-3-5-13(6-4-12)21(18,19)17-11-14-16-9-10-20-14/h3-6,9-10,15,17H,2,7-8,11H2,1H3. The zero-order valence-corrected chi connectivity index (χ0v) is 13.5. The summed E-state index contributed by atoms with van der Waals surface area (Å²) in [5, 5.41) is 5.81. The van der Waals surface area contributed by atoms with Gasteiger partial charge in [0.25, 0.3) is 0 Å². The molecule has 0 radical (unpaired) electrons. The molecule has 0 amide bonds. The van der Waals surface area contributed by atoms with E-state index in [0.29, 0.717) is 0 Å². The van der Waals surface area contributed by atoms with Crippen LogP contribution in [0.15, 0.2) is 40.7 Å². The minimum absolute atomic E-state index is 0.224. The van der Waals surface area contributed by atoms with Crippen molar-refractivity contribution in [1.82, 2.24) is 15.0 Å². The van der Waals surface area contributed by atoms with Gasteiger partial charge in [-0.3, -0.25) is 0 Å². The Morgan fingerprint density at radius 1 is 1.24 bits per heavy atom. The Labute approximate surface area is 129 Å². The van der Waals surface area contributed by atoms with Gasteiger partial charge in [0.15, 0.2) is 0 Å². The summed E-state index contributed by atoms with van der Waals surface area (Å²) >= 11 is 1.43. The highest BCUT2D eigenvalue weighted by Crippen LogP contribution is 2.12. The first kappa shape index (κ1) is 16.1. The van der Waals surface area contributed by atoms with Gasteiger partial charge < -0.3 is 5.32 Å². The van der Waals surface area contributed by atoms with E-state index in [1.165, 1.54) is 11.3 Å². The number of sulfonamides is 1. The van der Waals surface area contributed by atoms with Gasteiger partial charge in [0.05, 0.1) is 11.4 Å². The third-order valence-electron chi connectivity index (χ3n) is 2.97. The van der Waals surface area contributed by atoms with E-state index in [1.54, 1.807) is 18.3 Å². The Bertz CT molecular complexity index is 637. The molecular formula is C14H19N3O2S2. The number of nitrogens with zero attached hydrogens (tertiary/aromatic N) is 1. The van der Waals surface area contributed by atoms with Gasteiger partial charge in [-0.05, 0) is 37.2 Å². The van der Waals surface area contributed by atoms with Crippen LogP contribution in [0.5, 0.6) is 0 Å². The van der Waals surface area contributed by atoms with E-state index in [9.17, 15) is 8.42 Å². The molecule has 0 aliphatic carbocycles. The topological polar surface area (TPSA) is 71.1 Å². The van der Waals surface area contributed by atoms with E-state index in [1.807, 2.05) is 17.5 Å². The molecule has 7 heteroatoms. The molecule has 0 saturated carbocycles. The maximum atomic E-state index is 12.2. The average molecular weight is 325 g/mol. The highest BCUT2D eigenvalue weighted by Gasteiger charge is 2.13. The van der Waals surface area contributed by atoms with Crippen LogP contribution in [0.25, 0.3) is 0 Å². The number of hydrogen-bond donors (Lipinski definition) is 2. The van der Waals surface area contributed by atoms with Crippen LogP contribution in [-0.4, -0.2) is 26.5 Å². The van der Waals surface area contributed by atoms with Gasteiger partial charge in [0, 0.05) is 11.6 Å². The van der Waals surface area contributed by atoms with E-state index < -0.39 is 10.0 Å². The van der Waals surface area contributed by atoms with E-state index in [-0.39, 0.29) is 11.4 Å². The molecule has 2 N–H and O–H groups in total. The smallest absolute Gasteiger partial charge is 0.240 e. The molecule has 0 saturated heterocycles. The van der Waals surface area contributed by atoms with Crippen molar-refractivity contribution in [1.29, 1.82) is 0 Å². The van der Waals surface area contributed by atoms with Crippen molar-refractivity contribution in [3.05, 3.63) is 46.4 Å². The first-order valence-electron chi connectivity index (χ1n) is 6.79. The molecule has 5 nitrogen and oxygen atoms in total. The zero-order chi connectivity index (χ0) is 15.1. The summed E-state index contributed by atoms with van der Waals surface area (Å²) in [5.41, 5.74) is 1.12. The quantitative estimate of drug-likeness (QED) is 0.726. The SMILES string of the molecule is CCNCCc1ccc(S(=O)(=O)NCc2nccs2)cc1. The van der Waals surface area contributed by atoms with Gasteiger partial charge in [0.2, 0.25) is 10.0 Å². The number of likely N-dealkylation sites (N-methyl/N-ethyl adjacent to an activating group) is 1. The highest BCUT2D eigenvalue weighted by atomic mass is 32.2. The second kappa shape index (κ2) is 7.65. The number of hydrogen-bond acceptors (Lipinski definition) is 5. The molecule has 2 aromatic rings. The maximum absolute atomic E-state index is 12.2. The van der Waals surface area contributed by atoms with Crippen LogP contribution in [-0.2, 0) is 23.0 Å². The van der Waals surface area contributed by atoms with Crippen LogP contribution in [0, 0.1) is 0 Å². The number of thiazole rings is 1. The number of nitrogens with one attached hydrogen (secondary N) is 2. The summed E-state index contributed by atoms with van der Waals surface area (Å²) in [5.74, 6) is 0. The monoisotopic (exact) mass is 325 g/mol. The van der Waals surface area contributed by atoms with E-state index in [0.717, 1.165) is 30.1 Å². The Kier molecular flexibility index (Phi) is 5.86. The fourth-order valence-electron chi connectivity index (χ4n) is 1.83. The summed E-state index contributed by atoms with van der Waals surface area (Å²) < 4.78 is 26.9. The van der Waals surface area contributed by atoms with Crippen LogP contribution < -0.4 is 10.0 Å². The zero-order valence-electron chi connectivity index (χ0n) is 11.9. The minimum Gasteiger partial charge on any atom is -0.317 e. The fraction of sp³-hybridized carbons (Fsp3) is 0.357. The lowest BCUT2D eigenvalue weighted by molar-refractivity contribution is 0.581. The van der Waals surface area contributed by atoms with E-state index in [4.69, 9.17) is 0 Å². The molecule has 1 heterocycles. The number of rotatable bonds is 8. The summed E-state index contributed by atoms with van der Waals surface area (Å²) in [4.78, 5) is 4.34. The molecule has 1 aromatic heterocycles. The van der Waals surface area contributed by atoms with Gasteiger partial charge in [-0.15, -0.1) is 11.3 Å². The molecule has 114 valence electrons. The predicted molar refractivity (Wildman–Crippen MR) is 84.8 cm³/mol. The lowest BCUT2D eigenvalue weighted by Gasteiger charge is -2.07. The van der Waals surface area contributed by atoms with Crippen molar-refractivity contribution in [3.63, 3.8) is 0 Å². The van der Waals surface area contributed by atoms with Gasteiger partial charge in [-0.2, -0.15) is 0 Å². The summed E-state index contributed by atoms with van der Waals surface area (Å²) in [6.45, 7) is 4.12. The third kappa shape index (κ3) is 4.89. The molecule has 0 fully saturated rings. The van der Waals surface area contributed by atoms with E-state index in [2.05, 4.69) is 21.9 Å². The first-order valence-corrected chi connectivity index (χ1v) is 9.16. The van der Waals surface area contributed by atoms with Crippen LogP contribution >= 0.6 is 11.3 Å². The van der Waals surface area contributed by atoms with Gasteiger partial charge in [-0.1, -0.05) is 19.1 Å². The van der Waals surface area contributed by atoms with Crippen molar-refractivity contribution in [3.8, 4) is 0 Å². The molecule has 0 aliphatic rings. The highest BCUT2D eigenvalue weighted by molar-refractivity contribution is 7.89. The van der Waals surface area contributed by atoms with Crippen LogP contribution in [0.2, 0.25) is 0 Å². The molecule has 0 spiro atoms. The van der Waals surface area contributed by atoms with Crippen molar-refractivity contribution in [2.45, 2.75) is 24.8 Å². The maximum Gasteiger partial charge on any atom is 0.240 e. The third-order valence-corrected chi connectivity index (χ3v) is 5.17. The first-order chi connectivity index (χ1) is 10.1. The lowest BCUT2D eigenvalue weighted by atomic mass is 10.1. The minimum atomic E-state index is -3.48. The van der Waals surface area contributed by atoms with Crippen LogP contribution in [0.4, 0.5) is 0 Å². The average Bonchev–Trinajstić information content (AvgIpc) is 3.00. The second-order valence-corrected chi connectivity index (χ2v) is 7.24. The molecule has 0 unspecified atom stereocenters. The molecule has 0 aliphatic heterocycles. The Morgan fingerprint density at radius 3 is 2.62 bits per heavy atom. The molecule has 21 heavy (non-hydrogen) atoms. The van der Waals surface area contributed by atoms with Crippen LogP contribution in [0.3, 0.4) is 0 Å². The van der Waals surface area contributed by atoms with Crippen molar-refractivity contribution >= 4 is 21.4 Å². The molecule has 2 rings (SSSR count). The van der Waals surface area contributed by atoms with Crippen LogP contribution in [0.1, 0.15) is 17.5 Å². The van der Waals surface area contributed by atoms with E-state index >= 15 is 0 Å². The van der Waals surface area contributed by atoms with Gasteiger partial charge >= 0.3 is 0 Å². The molecular weight excluding hydrogens is 306 g/mol. The normalized spacial score (nSPS) is 11.7. The number of benzene rings is 1. The van der Waals surface area contributed by atoms with Gasteiger partial charge in [-0.25, -0.2) is 18.1 Å². The number of aromatic nitrogens is 1. The van der Waals surface area contributed by atoms with Gasteiger partial charge in [0.1, 0.15) is 5.01 Å². The summed E-state index contributed by atoms with van der Waals surface area (Å²) in [6.07, 6.45) is 2.55. The summed E-state index contributed by atoms with van der Waals surface area (Å²) in [7, 11) is -3.48. The van der Waals surface area contributed by atoms with Crippen molar-refractivity contribution in [2.24, 2.45) is 0 Å². The Hall–Kier alpha value is -1.28. The Balaban J connectivity index is 1.96. The largest absolute Gasteiger partial charge is 0.317 e. The van der Waals surface area contributed by atoms with Crippen molar-refractivity contribution in [2.75, 3.05) is 13.1 Å². The molecule has 0 atom stereocenters. The predicted octanol–water partition coefficient (Wildman–Crippen LogP) is 1.77. The fourth-order valence-corrected chi connectivity index (χ4v) is 3.46. The Morgan fingerprint density at radius 2 is 2.00 bits per heavy atom. The lowest BCUT2D eigenvalue weighted by Crippen LogP contribution is -2.23. The second-order valence-electron chi connectivity index (χ2n) is 4.50. The molecule has 1 aromatic carbocycles. The summed E-state index contributed by atoms with van der Waals surface area (Å²) in [6, 6.07) is 7.00.